The topological polar surface area (TPSA) is 26.3 Å². The van der Waals surface area contributed by atoms with E-state index < -0.39 is 18.3 Å². The van der Waals surface area contributed by atoms with E-state index in [1.807, 2.05) is 0 Å². The van der Waals surface area contributed by atoms with Gasteiger partial charge in [-0.2, -0.15) is 22.0 Å². The van der Waals surface area contributed by atoms with Gasteiger partial charge in [-0.1, -0.05) is 6.08 Å². The van der Waals surface area contributed by atoms with Crippen LogP contribution in [-0.2, 0) is 9.53 Å². The van der Waals surface area contributed by atoms with Crippen LogP contribution >= 0.6 is 0 Å². The third-order valence-electron chi connectivity index (χ3n) is 0.862. The van der Waals surface area contributed by atoms with Crippen LogP contribution < -0.4 is 0 Å². The highest BCUT2D eigenvalue weighted by Gasteiger charge is 2.61. The normalized spacial score (nSPS) is 13.4. The van der Waals surface area contributed by atoms with Crippen LogP contribution in [0.3, 0.4) is 0 Å². The maximum absolute atomic E-state index is 11.9. The second-order valence-electron chi connectivity index (χ2n) is 1.94. The Kier molecular flexibility index (Phi) is 3.39. The van der Waals surface area contributed by atoms with Crippen LogP contribution in [0.15, 0.2) is 12.2 Å². The zero-order chi connectivity index (χ0) is 10.7. The molecule has 76 valence electrons. The molecule has 0 fully saturated rings. The van der Waals surface area contributed by atoms with Crippen molar-refractivity contribution in [1.29, 1.82) is 0 Å². The number of allylic oxidation sites excluding steroid dienone is 1. The van der Waals surface area contributed by atoms with Crippen molar-refractivity contribution < 1.29 is 31.5 Å². The van der Waals surface area contributed by atoms with Crippen LogP contribution in [0, 0.1) is 0 Å². The first-order valence-corrected chi connectivity index (χ1v) is 3.01. The van der Waals surface area contributed by atoms with Crippen LogP contribution in [0.5, 0.6) is 0 Å². The Morgan fingerprint density at radius 2 is 1.69 bits per heavy atom. The van der Waals surface area contributed by atoms with Gasteiger partial charge in [-0.3, -0.25) is 0 Å². The van der Waals surface area contributed by atoms with Crippen molar-refractivity contribution in [3.63, 3.8) is 0 Å². The molecule has 0 aliphatic rings. The first-order valence-electron chi connectivity index (χ1n) is 3.01. The van der Waals surface area contributed by atoms with E-state index >= 15 is 0 Å². The second kappa shape index (κ2) is 3.71. The number of halogens is 5. The molecule has 0 rings (SSSR count). The molecule has 0 radical (unpaired) electrons. The van der Waals surface area contributed by atoms with Gasteiger partial charge in [0.15, 0.2) is 0 Å². The van der Waals surface area contributed by atoms with Gasteiger partial charge in [0.25, 0.3) is 0 Å². The lowest BCUT2D eigenvalue weighted by atomic mass is 10.5. The summed E-state index contributed by atoms with van der Waals surface area (Å²) in [7, 11) is 0. The summed E-state index contributed by atoms with van der Waals surface area (Å²) >= 11 is 0. The molecule has 0 bridgehead atoms. The molecule has 0 aliphatic heterocycles. The van der Waals surface area contributed by atoms with Gasteiger partial charge in [-0.25, -0.2) is 4.79 Å². The van der Waals surface area contributed by atoms with Gasteiger partial charge in [0.2, 0.25) is 0 Å². The number of rotatable bonds is 2. The molecule has 0 aromatic rings. The first-order chi connectivity index (χ1) is 5.70. The largest absolute Gasteiger partial charge is 0.501 e. The standard InChI is InChI=1S/C6H5F5O2/c1-2-3-4(12)13-6(10,11)5(7,8)9/h2-3H,1H3/b3-2+. The number of hydrogen-bond acceptors (Lipinski definition) is 2. The molecule has 0 amide bonds. The Morgan fingerprint density at radius 3 is 2.00 bits per heavy atom. The Morgan fingerprint density at radius 1 is 1.23 bits per heavy atom. The molecule has 0 saturated heterocycles. The molecule has 0 N–H and O–H groups in total. The third-order valence-corrected chi connectivity index (χ3v) is 0.862. The SMILES string of the molecule is C/C=C/C(=O)OC(F)(F)C(F)(F)F. The van der Waals surface area contributed by atoms with Crippen LogP contribution in [0.25, 0.3) is 0 Å². The average Bonchev–Trinajstić information content (AvgIpc) is 1.83. The van der Waals surface area contributed by atoms with Crippen molar-refractivity contribution in [2.75, 3.05) is 0 Å². The number of carbonyl (C=O) groups excluding carboxylic acids is 1. The Bertz CT molecular complexity index is 218. The summed E-state index contributed by atoms with van der Waals surface area (Å²) in [5, 5.41) is 0. The van der Waals surface area contributed by atoms with E-state index in [1.165, 1.54) is 6.92 Å². The zero-order valence-electron chi connectivity index (χ0n) is 6.36. The molecule has 0 unspecified atom stereocenters. The summed E-state index contributed by atoms with van der Waals surface area (Å²) in [5.74, 6) is -1.75. The third kappa shape index (κ3) is 3.39. The van der Waals surface area contributed by atoms with Gasteiger partial charge in [-0.05, 0) is 6.92 Å². The molecule has 7 heteroatoms. The van der Waals surface area contributed by atoms with Gasteiger partial charge in [-0.15, -0.1) is 0 Å². The minimum absolute atomic E-state index is 0.458. The highest BCUT2D eigenvalue weighted by molar-refractivity contribution is 5.82. The first kappa shape index (κ1) is 11.9. The van der Waals surface area contributed by atoms with Crippen molar-refractivity contribution in [2.24, 2.45) is 0 Å². The van der Waals surface area contributed by atoms with Gasteiger partial charge < -0.3 is 4.74 Å². The van der Waals surface area contributed by atoms with Crippen LogP contribution in [0.4, 0.5) is 22.0 Å². The maximum Gasteiger partial charge on any atom is 0.501 e. The Labute approximate surface area is 70.0 Å². The van der Waals surface area contributed by atoms with E-state index in [-0.39, 0.29) is 0 Å². The fourth-order valence-electron chi connectivity index (χ4n) is 0.354. The Hall–Kier alpha value is -1.14. The molecule has 2 nitrogen and oxygen atoms in total. The van der Waals surface area contributed by atoms with E-state index in [0.717, 1.165) is 6.08 Å². The van der Waals surface area contributed by atoms with E-state index in [1.54, 1.807) is 0 Å². The van der Waals surface area contributed by atoms with Crippen molar-refractivity contribution in [3.8, 4) is 0 Å². The van der Waals surface area contributed by atoms with Crippen LogP contribution in [-0.4, -0.2) is 18.3 Å². The summed E-state index contributed by atoms with van der Waals surface area (Å²) in [4.78, 5) is 10.2. The molecular weight excluding hydrogens is 199 g/mol. The second-order valence-corrected chi connectivity index (χ2v) is 1.94. The van der Waals surface area contributed by atoms with E-state index in [4.69, 9.17) is 0 Å². The lowest BCUT2D eigenvalue weighted by Gasteiger charge is -2.17. The summed E-state index contributed by atoms with van der Waals surface area (Å²) in [6.45, 7) is 1.27. The van der Waals surface area contributed by atoms with Gasteiger partial charge in [0, 0.05) is 6.08 Å². The van der Waals surface area contributed by atoms with E-state index in [9.17, 15) is 26.7 Å². The van der Waals surface area contributed by atoms with Gasteiger partial charge >= 0.3 is 18.3 Å². The van der Waals surface area contributed by atoms with Crippen molar-refractivity contribution >= 4 is 5.97 Å². The summed E-state index contributed by atoms with van der Waals surface area (Å²) in [6, 6.07) is 0. The molecule has 0 aliphatic carbocycles. The molecule has 0 aromatic carbocycles. The quantitative estimate of drug-likeness (QED) is 0.391. The number of carbonyl (C=O) groups is 1. The van der Waals surface area contributed by atoms with Crippen molar-refractivity contribution in [2.45, 2.75) is 19.2 Å². The predicted octanol–water partition coefficient (Wildman–Crippen LogP) is 2.26. The zero-order valence-corrected chi connectivity index (χ0v) is 6.36. The van der Waals surface area contributed by atoms with Crippen molar-refractivity contribution in [1.82, 2.24) is 0 Å². The van der Waals surface area contributed by atoms with Crippen molar-refractivity contribution in [3.05, 3.63) is 12.2 Å². The lowest BCUT2D eigenvalue weighted by Crippen LogP contribution is -2.40. The summed E-state index contributed by atoms with van der Waals surface area (Å²) in [6.07, 6.45) is -9.89. The van der Waals surface area contributed by atoms with Gasteiger partial charge in [0.1, 0.15) is 0 Å². The number of hydrogen-bond donors (Lipinski definition) is 0. The summed E-state index contributed by atoms with van der Waals surface area (Å²) < 4.78 is 60.8. The number of alkyl halides is 5. The predicted molar refractivity (Wildman–Crippen MR) is 31.9 cm³/mol. The fourth-order valence-corrected chi connectivity index (χ4v) is 0.354. The molecule has 0 atom stereocenters. The number of ether oxygens (including phenoxy) is 1. The molecule has 13 heavy (non-hydrogen) atoms. The van der Waals surface area contributed by atoms with E-state index in [2.05, 4.69) is 4.74 Å². The average molecular weight is 204 g/mol. The van der Waals surface area contributed by atoms with Crippen LogP contribution in [0.1, 0.15) is 6.92 Å². The minimum atomic E-state index is -5.88. The molecular formula is C6H5F5O2. The smallest absolute Gasteiger partial charge is 0.391 e. The molecule has 0 aromatic heterocycles. The lowest BCUT2D eigenvalue weighted by molar-refractivity contribution is -0.374. The van der Waals surface area contributed by atoms with Gasteiger partial charge in [0.05, 0.1) is 0 Å². The molecule has 0 saturated carbocycles. The van der Waals surface area contributed by atoms with Crippen LogP contribution in [0.2, 0.25) is 0 Å². The highest BCUT2D eigenvalue weighted by atomic mass is 19.4. The number of esters is 1. The monoisotopic (exact) mass is 204 g/mol. The molecule has 0 heterocycles. The minimum Gasteiger partial charge on any atom is -0.391 e. The highest BCUT2D eigenvalue weighted by Crippen LogP contribution is 2.36. The van der Waals surface area contributed by atoms with E-state index in [0.29, 0.717) is 6.08 Å². The Balaban J connectivity index is 4.43. The summed E-state index contributed by atoms with van der Waals surface area (Å²) in [5.41, 5.74) is 0. The molecule has 0 spiro atoms. The fraction of sp³-hybridized carbons (Fsp3) is 0.500. The maximum atomic E-state index is 11.9.